The van der Waals surface area contributed by atoms with Crippen molar-refractivity contribution in [2.45, 2.75) is 13.3 Å². The molecule has 0 radical (unpaired) electrons. The topological polar surface area (TPSA) is 29.9 Å². The van der Waals surface area contributed by atoms with Gasteiger partial charge in [0.2, 0.25) is 0 Å². The molecule has 0 spiro atoms. The van der Waals surface area contributed by atoms with Crippen LogP contribution < -0.4 is 5.32 Å². The Balaban J connectivity index is 2.57. The number of halogens is 2. The highest BCUT2D eigenvalue weighted by Gasteiger charge is 2.18. The van der Waals surface area contributed by atoms with Crippen LogP contribution in [-0.2, 0) is 13.5 Å². The average molecular weight is 265 g/mol. The van der Waals surface area contributed by atoms with E-state index in [1.165, 1.54) is 6.07 Å². The summed E-state index contributed by atoms with van der Waals surface area (Å²) >= 11 is 0. The highest BCUT2D eigenvalue weighted by Crippen LogP contribution is 2.30. The van der Waals surface area contributed by atoms with Crippen LogP contribution in [0.4, 0.5) is 8.78 Å². The van der Waals surface area contributed by atoms with Crippen molar-refractivity contribution >= 4 is 0 Å². The molecule has 0 unspecified atom stereocenters. The van der Waals surface area contributed by atoms with E-state index in [1.54, 1.807) is 4.68 Å². The van der Waals surface area contributed by atoms with E-state index in [4.69, 9.17) is 0 Å². The third kappa shape index (κ3) is 2.66. The van der Waals surface area contributed by atoms with Crippen molar-refractivity contribution in [1.29, 1.82) is 0 Å². The molecule has 1 aromatic heterocycles. The Labute approximate surface area is 111 Å². The summed E-state index contributed by atoms with van der Waals surface area (Å²) in [5.74, 6) is -0.873. The lowest BCUT2D eigenvalue weighted by molar-refractivity contribution is 0.602. The van der Waals surface area contributed by atoms with E-state index in [-0.39, 0.29) is 5.56 Å². The summed E-state index contributed by atoms with van der Waals surface area (Å²) < 4.78 is 29.0. The van der Waals surface area contributed by atoms with Gasteiger partial charge in [-0.05, 0) is 32.2 Å². The third-order valence-electron chi connectivity index (χ3n) is 3.15. The molecule has 0 aliphatic heterocycles. The highest BCUT2D eigenvalue weighted by atomic mass is 19.1. The molecular formula is C14H17F2N3. The molecule has 5 heteroatoms. The van der Waals surface area contributed by atoms with E-state index in [0.717, 1.165) is 24.4 Å². The lowest BCUT2D eigenvalue weighted by Crippen LogP contribution is -2.13. The molecule has 0 saturated carbocycles. The summed E-state index contributed by atoms with van der Waals surface area (Å²) in [6.45, 7) is 2.56. The molecule has 1 heterocycles. The van der Waals surface area contributed by atoms with Crippen molar-refractivity contribution in [3.63, 3.8) is 0 Å². The quantitative estimate of drug-likeness (QED) is 0.920. The summed E-state index contributed by atoms with van der Waals surface area (Å²) in [7, 11) is 3.67. The predicted molar refractivity (Wildman–Crippen MR) is 70.9 cm³/mol. The van der Waals surface area contributed by atoms with E-state index in [2.05, 4.69) is 10.4 Å². The number of nitrogens with zero attached hydrogens (tertiary/aromatic N) is 2. The number of nitrogens with one attached hydrogen (secondary N) is 1. The van der Waals surface area contributed by atoms with E-state index in [0.29, 0.717) is 17.7 Å². The van der Waals surface area contributed by atoms with Gasteiger partial charge >= 0.3 is 0 Å². The smallest absolute Gasteiger partial charge is 0.131 e. The zero-order valence-electron chi connectivity index (χ0n) is 11.3. The fourth-order valence-electron chi connectivity index (χ4n) is 2.28. The Morgan fingerprint density at radius 2 is 2.05 bits per heavy atom. The van der Waals surface area contributed by atoms with Crippen LogP contribution in [0.15, 0.2) is 18.2 Å². The Hall–Kier alpha value is -1.75. The minimum absolute atomic E-state index is 0.275. The molecule has 0 aliphatic rings. The van der Waals surface area contributed by atoms with Crippen molar-refractivity contribution in [2.75, 3.05) is 13.6 Å². The Kier molecular flexibility index (Phi) is 3.95. The van der Waals surface area contributed by atoms with Crippen LogP contribution in [-0.4, -0.2) is 23.4 Å². The number of hydrogen-bond donors (Lipinski definition) is 1. The monoisotopic (exact) mass is 265 g/mol. The van der Waals surface area contributed by atoms with Gasteiger partial charge < -0.3 is 5.32 Å². The van der Waals surface area contributed by atoms with Crippen LogP contribution in [0, 0.1) is 18.6 Å². The van der Waals surface area contributed by atoms with E-state index < -0.39 is 11.6 Å². The molecule has 0 amide bonds. The van der Waals surface area contributed by atoms with Crippen LogP contribution in [0.25, 0.3) is 11.1 Å². The number of aryl methyl sites for hydroxylation is 2. The summed E-state index contributed by atoms with van der Waals surface area (Å²) in [6, 6.07) is 3.50. The van der Waals surface area contributed by atoms with Gasteiger partial charge in [-0.3, -0.25) is 4.68 Å². The third-order valence-corrected chi connectivity index (χ3v) is 3.15. The Morgan fingerprint density at radius 1 is 1.32 bits per heavy atom. The fraction of sp³-hybridized carbons (Fsp3) is 0.357. The number of likely N-dealkylation sites (N-methyl/N-ethyl adjacent to an activating group) is 1. The molecule has 0 fully saturated rings. The van der Waals surface area contributed by atoms with Gasteiger partial charge in [0.15, 0.2) is 0 Å². The molecule has 0 atom stereocenters. The molecule has 0 saturated heterocycles. The molecule has 1 aromatic carbocycles. The van der Waals surface area contributed by atoms with Gasteiger partial charge in [-0.15, -0.1) is 0 Å². The molecule has 3 nitrogen and oxygen atoms in total. The van der Waals surface area contributed by atoms with Gasteiger partial charge in [-0.1, -0.05) is 0 Å². The van der Waals surface area contributed by atoms with Crippen LogP contribution >= 0.6 is 0 Å². The molecule has 19 heavy (non-hydrogen) atoms. The molecule has 0 bridgehead atoms. The second-order valence-electron chi connectivity index (χ2n) is 4.51. The summed E-state index contributed by atoms with van der Waals surface area (Å²) in [5, 5.41) is 7.36. The first kappa shape index (κ1) is 13.7. The first-order valence-electron chi connectivity index (χ1n) is 6.17. The van der Waals surface area contributed by atoms with Crippen LogP contribution in [0.1, 0.15) is 11.4 Å². The maximum atomic E-state index is 13.9. The zero-order valence-corrected chi connectivity index (χ0v) is 11.3. The second kappa shape index (κ2) is 5.48. The van der Waals surface area contributed by atoms with Gasteiger partial charge in [0.05, 0.1) is 5.69 Å². The van der Waals surface area contributed by atoms with Gasteiger partial charge in [-0.2, -0.15) is 5.10 Å². The van der Waals surface area contributed by atoms with Crippen molar-refractivity contribution in [1.82, 2.24) is 15.1 Å². The SMILES string of the molecule is CNCCc1c(-c2cc(F)ccc2F)c(C)nn1C. The standard InChI is InChI=1S/C14H17F2N3/c1-9-14(11-8-10(15)4-5-12(11)16)13(6-7-17-2)19(3)18-9/h4-5,8,17H,6-7H2,1-3H3. The molecule has 0 aliphatic carbocycles. The van der Waals surface area contributed by atoms with E-state index >= 15 is 0 Å². The van der Waals surface area contributed by atoms with E-state index in [9.17, 15) is 8.78 Å². The minimum Gasteiger partial charge on any atom is -0.319 e. The Morgan fingerprint density at radius 3 is 2.74 bits per heavy atom. The summed E-state index contributed by atoms with van der Waals surface area (Å²) in [6.07, 6.45) is 0.707. The maximum absolute atomic E-state index is 13.9. The largest absolute Gasteiger partial charge is 0.319 e. The van der Waals surface area contributed by atoms with Gasteiger partial charge in [-0.25, -0.2) is 8.78 Å². The normalized spacial score (nSPS) is 11.0. The Bertz CT molecular complexity index is 591. The zero-order chi connectivity index (χ0) is 14.0. The first-order valence-corrected chi connectivity index (χ1v) is 6.17. The summed E-state index contributed by atoms with van der Waals surface area (Å²) in [4.78, 5) is 0. The number of hydrogen-bond acceptors (Lipinski definition) is 2. The van der Waals surface area contributed by atoms with E-state index in [1.807, 2.05) is 21.0 Å². The van der Waals surface area contributed by atoms with Crippen molar-refractivity contribution in [3.05, 3.63) is 41.2 Å². The maximum Gasteiger partial charge on any atom is 0.131 e. The number of rotatable bonds is 4. The van der Waals surface area contributed by atoms with Gasteiger partial charge in [0.1, 0.15) is 11.6 Å². The fourth-order valence-corrected chi connectivity index (χ4v) is 2.28. The predicted octanol–water partition coefficient (Wildman–Crippen LogP) is 2.44. The molecule has 1 N–H and O–H groups in total. The molecule has 102 valence electrons. The number of benzene rings is 1. The first-order chi connectivity index (χ1) is 9.04. The van der Waals surface area contributed by atoms with Crippen LogP contribution in [0.5, 0.6) is 0 Å². The number of aromatic nitrogens is 2. The summed E-state index contributed by atoms with van der Waals surface area (Å²) in [5.41, 5.74) is 2.57. The lowest BCUT2D eigenvalue weighted by Gasteiger charge is -2.08. The lowest BCUT2D eigenvalue weighted by atomic mass is 10.0. The minimum atomic E-state index is -0.445. The van der Waals surface area contributed by atoms with Gasteiger partial charge in [0.25, 0.3) is 0 Å². The highest BCUT2D eigenvalue weighted by molar-refractivity contribution is 5.69. The average Bonchev–Trinajstić information content (AvgIpc) is 2.64. The van der Waals surface area contributed by atoms with Crippen molar-refractivity contribution < 1.29 is 8.78 Å². The molecule has 2 rings (SSSR count). The molecule has 2 aromatic rings. The van der Waals surface area contributed by atoms with Crippen LogP contribution in [0.3, 0.4) is 0 Å². The van der Waals surface area contributed by atoms with Crippen LogP contribution in [0.2, 0.25) is 0 Å². The molecular weight excluding hydrogens is 248 g/mol. The van der Waals surface area contributed by atoms with Crippen molar-refractivity contribution in [3.8, 4) is 11.1 Å². The second-order valence-corrected chi connectivity index (χ2v) is 4.51. The van der Waals surface area contributed by atoms with Crippen molar-refractivity contribution in [2.24, 2.45) is 7.05 Å². The van der Waals surface area contributed by atoms with Gasteiger partial charge in [0, 0.05) is 36.8 Å².